The van der Waals surface area contributed by atoms with E-state index in [0.29, 0.717) is 10.7 Å². The molecule has 0 saturated heterocycles. The van der Waals surface area contributed by atoms with E-state index < -0.39 is 5.97 Å². The maximum atomic E-state index is 11.8. The number of carbonyl (C=O) groups is 2. The van der Waals surface area contributed by atoms with Crippen molar-refractivity contribution in [2.24, 2.45) is 0 Å². The average molecular weight is 332 g/mol. The molecule has 0 aliphatic carbocycles. The number of ether oxygens (including phenoxy) is 1. The third-order valence-corrected chi connectivity index (χ3v) is 3.59. The van der Waals surface area contributed by atoms with E-state index in [-0.39, 0.29) is 24.9 Å². The van der Waals surface area contributed by atoms with Gasteiger partial charge in [0.05, 0.1) is 6.42 Å². The second-order valence-corrected chi connectivity index (χ2v) is 5.67. The minimum atomic E-state index is -0.396. The average Bonchev–Trinajstić information content (AvgIpc) is 2.56. The number of esters is 1. The van der Waals surface area contributed by atoms with Crippen molar-refractivity contribution in [3.05, 3.63) is 65.2 Å². The van der Waals surface area contributed by atoms with Crippen LogP contribution in [0.5, 0.6) is 0 Å². The fourth-order valence-electron chi connectivity index (χ4n) is 2.08. The first-order valence-corrected chi connectivity index (χ1v) is 7.68. The van der Waals surface area contributed by atoms with Crippen LogP contribution in [-0.2, 0) is 14.3 Å². The highest BCUT2D eigenvalue weighted by molar-refractivity contribution is 6.30. The zero-order chi connectivity index (χ0) is 16.7. The molecule has 2 rings (SSSR count). The summed E-state index contributed by atoms with van der Waals surface area (Å²) in [6.45, 7) is 1.65. The molecule has 1 amide bonds. The number of halogens is 1. The normalized spacial score (nSPS) is 11.6. The van der Waals surface area contributed by atoms with Crippen LogP contribution in [0.1, 0.15) is 24.8 Å². The van der Waals surface area contributed by atoms with Gasteiger partial charge in [-0.05, 0) is 35.7 Å². The van der Waals surface area contributed by atoms with Gasteiger partial charge in [-0.25, -0.2) is 0 Å². The first-order chi connectivity index (χ1) is 11.0. The number of hydrogen-bond acceptors (Lipinski definition) is 3. The Morgan fingerprint density at radius 3 is 2.39 bits per heavy atom. The van der Waals surface area contributed by atoms with E-state index in [2.05, 4.69) is 5.32 Å². The van der Waals surface area contributed by atoms with Crippen molar-refractivity contribution in [3.63, 3.8) is 0 Å². The van der Waals surface area contributed by atoms with Crippen LogP contribution in [0.2, 0.25) is 5.02 Å². The van der Waals surface area contributed by atoms with Gasteiger partial charge in [-0.2, -0.15) is 0 Å². The highest BCUT2D eigenvalue weighted by Crippen LogP contribution is 2.19. The summed E-state index contributed by atoms with van der Waals surface area (Å²) < 4.78 is 5.01. The van der Waals surface area contributed by atoms with E-state index >= 15 is 0 Å². The van der Waals surface area contributed by atoms with Gasteiger partial charge in [0.1, 0.15) is 0 Å². The Balaban J connectivity index is 1.75. The quantitative estimate of drug-likeness (QED) is 0.813. The number of anilines is 1. The molecule has 0 radical (unpaired) electrons. The van der Waals surface area contributed by atoms with Gasteiger partial charge < -0.3 is 10.1 Å². The maximum absolute atomic E-state index is 11.8. The van der Waals surface area contributed by atoms with E-state index in [1.54, 1.807) is 24.3 Å². The van der Waals surface area contributed by atoms with Gasteiger partial charge in [0.2, 0.25) is 0 Å². The molecule has 0 unspecified atom stereocenters. The monoisotopic (exact) mass is 331 g/mol. The largest absolute Gasteiger partial charge is 0.456 e. The first kappa shape index (κ1) is 17.0. The van der Waals surface area contributed by atoms with Crippen LogP contribution < -0.4 is 5.32 Å². The van der Waals surface area contributed by atoms with Crippen molar-refractivity contribution >= 4 is 29.2 Å². The molecule has 0 heterocycles. The lowest BCUT2D eigenvalue weighted by Crippen LogP contribution is -2.21. The molecule has 1 atom stereocenters. The Labute approximate surface area is 140 Å². The van der Waals surface area contributed by atoms with Crippen LogP contribution in [0.15, 0.2) is 54.6 Å². The summed E-state index contributed by atoms with van der Waals surface area (Å²) in [5.74, 6) is -0.733. The summed E-state index contributed by atoms with van der Waals surface area (Å²) in [7, 11) is 0. The fraction of sp³-hybridized carbons (Fsp3) is 0.222. The van der Waals surface area contributed by atoms with E-state index in [4.69, 9.17) is 16.3 Å². The number of rotatable bonds is 6. The van der Waals surface area contributed by atoms with Crippen molar-refractivity contribution in [2.45, 2.75) is 19.3 Å². The molecule has 23 heavy (non-hydrogen) atoms. The number of benzene rings is 2. The molecule has 2 aromatic carbocycles. The van der Waals surface area contributed by atoms with Crippen molar-refractivity contribution in [1.82, 2.24) is 0 Å². The summed E-state index contributed by atoms with van der Waals surface area (Å²) in [5, 5.41) is 3.22. The molecule has 0 aliphatic heterocycles. The second-order valence-electron chi connectivity index (χ2n) is 5.23. The van der Waals surface area contributed by atoms with Crippen LogP contribution in [0.3, 0.4) is 0 Å². The van der Waals surface area contributed by atoms with Gasteiger partial charge in [-0.3, -0.25) is 9.59 Å². The molecule has 0 bridgehead atoms. The van der Waals surface area contributed by atoms with Gasteiger partial charge in [0.25, 0.3) is 5.91 Å². The second kappa shape index (κ2) is 8.34. The lowest BCUT2D eigenvalue weighted by atomic mass is 9.98. The molecule has 120 valence electrons. The van der Waals surface area contributed by atoms with Crippen molar-refractivity contribution in [1.29, 1.82) is 0 Å². The highest BCUT2D eigenvalue weighted by Gasteiger charge is 2.13. The summed E-state index contributed by atoms with van der Waals surface area (Å²) in [6, 6.07) is 16.4. The van der Waals surface area contributed by atoms with Gasteiger partial charge in [-0.15, -0.1) is 0 Å². The third-order valence-electron chi connectivity index (χ3n) is 3.33. The maximum Gasteiger partial charge on any atom is 0.306 e. The standard InChI is InChI=1S/C18H18ClNO3/c1-13(14-5-3-2-4-6-14)11-18(22)23-12-17(21)20-16-9-7-15(19)8-10-16/h2-10,13H,11-12H2,1H3,(H,20,21)/t13-/m1/s1. The molecule has 0 aliphatic rings. The molecule has 0 fully saturated rings. The molecule has 5 heteroatoms. The Kier molecular flexibility index (Phi) is 6.18. The predicted octanol–water partition coefficient (Wildman–Crippen LogP) is 4.02. The summed E-state index contributed by atoms with van der Waals surface area (Å²) in [5.41, 5.74) is 1.67. The van der Waals surface area contributed by atoms with Crippen molar-refractivity contribution in [3.8, 4) is 0 Å². The molecular weight excluding hydrogens is 314 g/mol. The minimum Gasteiger partial charge on any atom is -0.456 e. The Hall–Kier alpha value is -2.33. The number of nitrogens with one attached hydrogen (secondary N) is 1. The van der Waals surface area contributed by atoms with Crippen LogP contribution >= 0.6 is 11.6 Å². The number of carbonyl (C=O) groups excluding carboxylic acids is 2. The molecule has 4 nitrogen and oxygen atoms in total. The molecule has 1 N–H and O–H groups in total. The van der Waals surface area contributed by atoms with Crippen molar-refractivity contribution < 1.29 is 14.3 Å². The van der Waals surface area contributed by atoms with Gasteiger partial charge in [0, 0.05) is 10.7 Å². The van der Waals surface area contributed by atoms with E-state index in [1.165, 1.54) is 0 Å². The molecule has 0 spiro atoms. The van der Waals surface area contributed by atoms with Crippen LogP contribution in [0, 0.1) is 0 Å². The lowest BCUT2D eigenvalue weighted by molar-refractivity contribution is -0.147. The summed E-state index contributed by atoms with van der Waals surface area (Å²) in [4.78, 5) is 23.5. The van der Waals surface area contributed by atoms with Gasteiger partial charge >= 0.3 is 5.97 Å². The Bertz CT molecular complexity index is 656. The van der Waals surface area contributed by atoms with Gasteiger partial charge in [-0.1, -0.05) is 48.9 Å². The van der Waals surface area contributed by atoms with E-state index in [9.17, 15) is 9.59 Å². The van der Waals surface area contributed by atoms with Crippen LogP contribution in [0.4, 0.5) is 5.69 Å². The lowest BCUT2D eigenvalue weighted by Gasteiger charge is -2.11. The molecule has 0 saturated carbocycles. The molecular formula is C18H18ClNO3. The highest BCUT2D eigenvalue weighted by atomic mass is 35.5. The number of hydrogen-bond donors (Lipinski definition) is 1. The molecule has 2 aromatic rings. The third kappa shape index (κ3) is 5.75. The Morgan fingerprint density at radius 1 is 1.09 bits per heavy atom. The zero-order valence-corrected chi connectivity index (χ0v) is 13.5. The van der Waals surface area contributed by atoms with E-state index in [1.807, 2.05) is 37.3 Å². The van der Waals surface area contributed by atoms with Crippen molar-refractivity contribution in [2.75, 3.05) is 11.9 Å². The minimum absolute atomic E-state index is 0.0445. The van der Waals surface area contributed by atoms with Crippen LogP contribution in [-0.4, -0.2) is 18.5 Å². The first-order valence-electron chi connectivity index (χ1n) is 7.30. The Morgan fingerprint density at radius 2 is 1.74 bits per heavy atom. The zero-order valence-electron chi connectivity index (χ0n) is 12.8. The SMILES string of the molecule is C[C@H](CC(=O)OCC(=O)Nc1ccc(Cl)cc1)c1ccccc1. The topological polar surface area (TPSA) is 55.4 Å². The van der Waals surface area contributed by atoms with E-state index in [0.717, 1.165) is 5.56 Å². The summed E-state index contributed by atoms with van der Waals surface area (Å²) >= 11 is 5.77. The predicted molar refractivity (Wildman–Crippen MR) is 90.5 cm³/mol. The summed E-state index contributed by atoms with van der Waals surface area (Å²) in [6.07, 6.45) is 0.234. The fourth-order valence-corrected chi connectivity index (χ4v) is 2.21. The van der Waals surface area contributed by atoms with Crippen LogP contribution in [0.25, 0.3) is 0 Å². The van der Waals surface area contributed by atoms with Gasteiger partial charge in [0.15, 0.2) is 6.61 Å². The smallest absolute Gasteiger partial charge is 0.306 e. The molecule has 0 aromatic heterocycles. The number of amides is 1.